The monoisotopic (exact) mass is 524 g/mol. The van der Waals surface area contributed by atoms with Crippen molar-refractivity contribution in [2.75, 3.05) is 20.8 Å². The van der Waals surface area contributed by atoms with E-state index in [2.05, 4.69) is 79.6 Å². The molecule has 2 rings (SSSR count). The molecule has 216 valence electrons. The molecule has 2 aliphatic heterocycles. The molecular formula is C30H56N2O5. The lowest BCUT2D eigenvalue weighted by atomic mass is 9.76. The molecule has 2 saturated heterocycles. The van der Waals surface area contributed by atoms with Crippen LogP contribution in [0.2, 0.25) is 0 Å². The maximum Gasteiger partial charge on any atom is 0.323 e. The molecule has 0 bridgehead atoms. The quantitative estimate of drug-likeness (QED) is 0.213. The van der Waals surface area contributed by atoms with Crippen LogP contribution in [0.5, 0.6) is 0 Å². The van der Waals surface area contributed by atoms with Gasteiger partial charge in [-0.05, 0) is 81.7 Å². The number of unbranched alkanes of at least 4 members (excludes halogenated alkanes) is 1. The topological polar surface area (TPSA) is 77.1 Å². The third-order valence-corrected chi connectivity index (χ3v) is 8.66. The second-order valence-electron chi connectivity index (χ2n) is 14.2. The molecule has 2 heterocycles. The number of hydrogen-bond donors (Lipinski definition) is 1. The number of piperidine rings is 2. The maximum atomic E-state index is 14.1. The SMILES string of the molecule is CCCCC(CCCOC)(C(=O)OC1CC(C)(C)NC(C)(C)C1)C(=O)OC1CC(C)(C)N(C)C(C)(C)C1. The Labute approximate surface area is 226 Å². The van der Waals surface area contributed by atoms with Gasteiger partial charge in [0.2, 0.25) is 0 Å². The molecule has 0 aromatic carbocycles. The summed E-state index contributed by atoms with van der Waals surface area (Å²) in [6.07, 6.45) is 5.40. The minimum absolute atomic E-state index is 0.123. The first-order valence-electron chi connectivity index (χ1n) is 14.3. The number of ether oxygens (including phenoxy) is 3. The average molecular weight is 525 g/mol. The van der Waals surface area contributed by atoms with Gasteiger partial charge in [0.05, 0.1) is 0 Å². The Hall–Kier alpha value is -1.18. The first kappa shape index (κ1) is 32.0. The molecule has 2 fully saturated rings. The number of esters is 2. The summed E-state index contributed by atoms with van der Waals surface area (Å²) in [5.41, 5.74) is -1.89. The van der Waals surface area contributed by atoms with Crippen LogP contribution in [0.4, 0.5) is 0 Å². The smallest absolute Gasteiger partial charge is 0.323 e. The zero-order chi connectivity index (χ0) is 28.3. The van der Waals surface area contributed by atoms with Crippen molar-refractivity contribution < 1.29 is 23.8 Å². The van der Waals surface area contributed by atoms with Gasteiger partial charge in [0, 0.05) is 61.6 Å². The fourth-order valence-corrected chi connectivity index (χ4v) is 6.82. The molecule has 7 heteroatoms. The van der Waals surface area contributed by atoms with E-state index in [0.29, 0.717) is 38.7 Å². The Morgan fingerprint density at radius 1 is 0.811 bits per heavy atom. The summed E-state index contributed by atoms with van der Waals surface area (Å²) in [5, 5.41) is 3.64. The first-order valence-corrected chi connectivity index (χ1v) is 14.3. The van der Waals surface area contributed by atoms with Gasteiger partial charge < -0.3 is 19.5 Å². The third kappa shape index (κ3) is 8.15. The second-order valence-corrected chi connectivity index (χ2v) is 14.2. The van der Waals surface area contributed by atoms with Crippen LogP contribution in [0, 0.1) is 5.41 Å². The molecule has 0 aliphatic carbocycles. The molecule has 0 radical (unpaired) electrons. The maximum absolute atomic E-state index is 14.1. The predicted molar refractivity (Wildman–Crippen MR) is 149 cm³/mol. The molecule has 1 unspecified atom stereocenters. The van der Waals surface area contributed by atoms with Crippen molar-refractivity contribution in [2.45, 2.75) is 154 Å². The highest BCUT2D eigenvalue weighted by atomic mass is 16.6. The molecule has 0 saturated carbocycles. The van der Waals surface area contributed by atoms with Gasteiger partial charge in [-0.25, -0.2) is 0 Å². The van der Waals surface area contributed by atoms with E-state index >= 15 is 0 Å². The van der Waals surface area contributed by atoms with Gasteiger partial charge in [-0.2, -0.15) is 0 Å². The highest BCUT2D eigenvalue weighted by molar-refractivity contribution is 6.00. The largest absolute Gasteiger partial charge is 0.461 e. The van der Waals surface area contributed by atoms with Gasteiger partial charge in [-0.1, -0.05) is 19.8 Å². The molecule has 0 spiro atoms. The van der Waals surface area contributed by atoms with Crippen molar-refractivity contribution in [2.24, 2.45) is 5.41 Å². The molecule has 7 nitrogen and oxygen atoms in total. The predicted octanol–water partition coefficient (Wildman–Crippen LogP) is 5.64. The summed E-state index contributed by atoms with van der Waals surface area (Å²) >= 11 is 0. The van der Waals surface area contributed by atoms with E-state index in [-0.39, 0.29) is 34.4 Å². The summed E-state index contributed by atoms with van der Waals surface area (Å²) in [7, 11) is 3.78. The summed E-state index contributed by atoms with van der Waals surface area (Å²) in [6.45, 7) is 19.8. The number of nitrogens with one attached hydrogen (secondary N) is 1. The fraction of sp³-hybridized carbons (Fsp3) is 0.933. The van der Waals surface area contributed by atoms with Gasteiger partial charge in [0.1, 0.15) is 12.2 Å². The summed E-state index contributed by atoms with van der Waals surface area (Å²) in [5.74, 6) is -0.845. The molecule has 1 N–H and O–H groups in total. The van der Waals surface area contributed by atoms with E-state index in [1.54, 1.807) is 7.11 Å². The molecular weight excluding hydrogens is 468 g/mol. The van der Waals surface area contributed by atoms with Crippen LogP contribution in [0.15, 0.2) is 0 Å². The average Bonchev–Trinajstić information content (AvgIpc) is 2.71. The zero-order valence-corrected chi connectivity index (χ0v) is 25.7. The van der Waals surface area contributed by atoms with Crippen molar-refractivity contribution in [1.29, 1.82) is 0 Å². The molecule has 37 heavy (non-hydrogen) atoms. The number of likely N-dealkylation sites (tertiary alicyclic amines) is 1. The van der Waals surface area contributed by atoms with Gasteiger partial charge in [-0.3, -0.25) is 14.5 Å². The van der Waals surface area contributed by atoms with Crippen LogP contribution in [-0.4, -0.2) is 72.0 Å². The van der Waals surface area contributed by atoms with Crippen molar-refractivity contribution in [3.8, 4) is 0 Å². The van der Waals surface area contributed by atoms with Crippen molar-refractivity contribution in [3.05, 3.63) is 0 Å². The standard InChI is InChI=1S/C30H56N2O5/c1-12-13-15-30(16-14-17-35-11,24(33)36-22-18-26(2,3)31-27(4,5)19-22)25(34)37-23-20-28(6,7)32(10)29(8,9)21-23/h22-23,31H,12-21H2,1-11H3. The first-order chi connectivity index (χ1) is 16.9. The molecule has 1 atom stereocenters. The van der Waals surface area contributed by atoms with Crippen LogP contribution in [0.25, 0.3) is 0 Å². The van der Waals surface area contributed by atoms with Crippen LogP contribution in [0.1, 0.15) is 120 Å². The zero-order valence-electron chi connectivity index (χ0n) is 25.7. The molecule has 2 aliphatic rings. The number of carbonyl (C=O) groups is 2. The molecule has 0 aromatic heterocycles. The summed E-state index contributed by atoms with van der Waals surface area (Å²) in [4.78, 5) is 30.5. The van der Waals surface area contributed by atoms with E-state index < -0.39 is 17.4 Å². The third-order valence-electron chi connectivity index (χ3n) is 8.66. The minimum atomic E-state index is -1.31. The van der Waals surface area contributed by atoms with Crippen LogP contribution < -0.4 is 5.32 Å². The van der Waals surface area contributed by atoms with E-state index in [9.17, 15) is 9.59 Å². The second kappa shape index (κ2) is 11.9. The minimum Gasteiger partial charge on any atom is -0.461 e. The number of methoxy groups -OCH3 is 1. The van der Waals surface area contributed by atoms with Crippen molar-refractivity contribution in [1.82, 2.24) is 10.2 Å². The lowest BCUT2D eigenvalue weighted by Gasteiger charge is -2.53. The Morgan fingerprint density at radius 2 is 1.24 bits per heavy atom. The van der Waals surface area contributed by atoms with Gasteiger partial charge >= 0.3 is 11.9 Å². The molecule has 0 amide bonds. The van der Waals surface area contributed by atoms with E-state index in [1.165, 1.54) is 0 Å². The summed E-state index contributed by atoms with van der Waals surface area (Å²) < 4.78 is 17.8. The van der Waals surface area contributed by atoms with Crippen molar-refractivity contribution in [3.63, 3.8) is 0 Å². The Kier molecular flexibility index (Phi) is 10.3. The Morgan fingerprint density at radius 3 is 1.68 bits per heavy atom. The van der Waals surface area contributed by atoms with Crippen molar-refractivity contribution >= 4 is 11.9 Å². The molecule has 0 aromatic rings. The van der Waals surface area contributed by atoms with Crippen LogP contribution in [-0.2, 0) is 23.8 Å². The Bertz CT molecular complexity index is 757. The van der Waals surface area contributed by atoms with Gasteiger partial charge in [-0.15, -0.1) is 0 Å². The highest BCUT2D eigenvalue weighted by Gasteiger charge is 2.52. The summed E-state index contributed by atoms with van der Waals surface area (Å²) in [6, 6.07) is 0. The lowest BCUT2D eigenvalue weighted by molar-refractivity contribution is -0.187. The fourth-order valence-electron chi connectivity index (χ4n) is 6.82. The van der Waals surface area contributed by atoms with E-state index in [1.807, 2.05) is 0 Å². The Balaban J connectivity index is 2.35. The number of nitrogens with zero attached hydrogens (tertiary/aromatic N) is 1. The van der Waals surface area contributed by atoms with Gasteiger partial charge in [0.25, 0.3) is 0 Å². The normalized spacial score (nSPS) is 25.3. The lowest BCUT2D eigenvalue weighted by Crippen LogP contribution is -2.61. The van der Waals surface area contributed by atoms with Crippen LogP contribution in [0.3, 0.4) is 0 Å². The van der Waals surface area contributed by atoms with E-state index in [0.717, 1.165) is 25.7 Å². The van der Waals surface area contributed by atoms with Gasteiger partial charge in [0.15, 0.2) is 5.41 Å². The number of carbonyl (C=O) groups excluding carboxylic acids is 2. The van der Waals surface area contributed by atoms with Crippen LogP contribution >= 0.6 is 0 Å². The number of hydrogen-bond acceptors (Lipinski definition) is 7. The number of rotatable bonds is 11. The van der Waals surface area contributed by atoms with E-state index in [4.69, 9.17) is 14.2 Å². The highest BCUT2D eigenvalue weighted by Crippen LogP contribution is 2.42.